The molecule has 0 spiro atoms. The van der Waals surface area contributed by atoms with Gasteiger partial charge in [-0.2, -0.15) is 0 Å². The molecule has 5 amide bonds. The normalized spacial score (nSPS) is 15.9. The van der Waals surface area contributed by atoms with E-state index in [2.05, 4.69) is 15.6 Å². The molecule has 4 aromatic rings. The van der Waals surface area contributed by atoms with Gasteiger partial charge >= 0.3 is 24.2 Å². The Morgan fingerprint density at radius 1 is 0.667 bits per heavy atom. The van der Waals surface area contributed by atoms with Gasteiger partial charge < -0.3 is 19.1 Å². The van der Waals surface area contributed by atoms with Gasteiger partial charge in [0.15, 0.2) is 6.04 Å². The number of benzene rings is 4. The lowest BCUT2D eigenvalue weighted by molar-refractivity contribution is -0.171. The minimum absolute atomic E-state index is 0.0108. The van der Waals surface area contributed by atoms with Crippen molar-refractivity contribution in [3.63, 3.8) is 0 Å². The van der Waals surface area contributed by atoms with Crippen LogP contribution in [0.4, 0.5) is 14.4 Å². The van der Waals surface area contributed by atoms with E-state index < -0.39 is 42.1 Å². The first-order chi connectivity index (χ1) is 26.4. The Hall–Kier alpha value is -6.50. The number of nitrogens with one attached hydrogen (secondary N) is 2. The highest BCUT2D eigenvalue weighted by atomic mass is 16.6. The number of imide groups is 1. The Morgan fingerprint density at radius 2 is 1.17 bits per heavy atom. The summed E-state index contributed by atoms with van der Waals surface area (Å²) in [6.45, 7) is 0.747. The second-order valence-electron chi connectivity index (χ2n) is 12.8. The molecule has 2 aliphatic rings. The van der Waals surface area contributed by atoms with E-state index in [-0.39, 0.29) is 45.2 Å². The lowest BCUT2D eigenvalue weighted by Crippen LogP contribution is -2.68. The third-order valence-corrected chi connectivity index (χ3v) is 9.10. The molecule has 0 radical (unpaired) electrons. The van der Waals surface area contributed by atoms with E-state index in [1.54, 1.807) is 29.2 Å². The zero-order valence-corrected chi connectivity index (χ0v) is 29.6. The number of carbonyl (C=O) groups is 5. The molecule has 0 aliphatic carbocycles. The average molecular weight is 732 g/mol. The molecule has 1 unspecified atom stereocenters. The standard InChI is InChI=1S/C41H41N5O8/c47-36-34(35(37(48)52-26-29-13-4-1-5-14-29)46(36)41(51)45-24-22-32-19-10-11-20-33(32)25-45)21-12-23-42-38(43-39(49)53-27-30-15-6-2-7-16-30)44-40(50)54-28-31-17-8-3-9-18-31/h1-11,13-20,34-35H,12,21-28H2,(H2,42,43,44,49,50)/t34-,35?/m1/s1. The third-order valence-electron chi connectivity index (χ3n) is 9.10. The summed E-state index contributed by atoms with van der Waals surface area (Å²) in [4.78, 5) is 73.1. The van der Waals surface area contributed by atoms with Crippen molar-refractivity contribution >= 4 is 36.1 Å². The van der Waals surface area contributed by atoms with Crippen molar-refractivity contribution in [3.8, 4) is 0 Å². The van der Waals surface area contributed by atoms with Gasteiger partial charge in [-0.25, -0.2) is 24.1 Å². The number of alkyl carbamates (subject to hydrolysis) is 2. The van der Waals surface area contributed by atoms with E-state index in [0.29, 0.717) is 19.5 Å². The number of esters is 1. The van der Waals surface area contributed by atoms with Crippen molar-refractivity contribution in [2.45, 2.75) is 51.7 Å². The zero-order chi connectivity index (χ0) is 37.7. The number of amides is 5. The van der Waals surface area contributed by atoms with Crippen LogP contribution in [0.1, 0.15) is 40.7 Å². The van der Waals surface area contributed by atoms with Crippen molar-refractivity contribution in [2.75, 3.05) is 13.1 Å². The fourth-order valence-corrected chi connectivity index (χ4v) is 6.26. The fourth-order valence-electron chi connectivity index (χ4n) is 6.26. The Bertz CT molecular complexity index is 1900. The molecular weight excluding hydrogens is 690 g/mol. The van der Waals surface area contributed by atoms with Gasteiger partial charge in [-0.05, 0) is 47.1 Å². The van der Waals surface area contributed by atoms with Gasteiger partial charge in [0, 0.05) is 19.6 Å². The molecule has 0 saturated carbocycles. The number of carbonyl (C=O) groups excluding carboxylic acids is 5. The maximum atomic E-state index is 13.7. The number of guanidine groups is 1. The molecule has 1 saturated heterocycles. The van der Waals surface area contributed by atoms with E-state index >= 15 is 0 Å². The SMILES string of the molecule is O=C(NC(=NCCC[C@H]1C(=O)N(C(=O)N2CCc3ccccc3C2)C1C(=O)OCc1ccccc1)NC(=O)OCc1ccccc1)OCc1ccccc1. The summed E-state index contributed by atoms with van der Waals surface area (Å²) in [5, 5.41) is 4.89. The van der Waals surface area contributed by atoms with E-state index in [9.17, 15) is 24.0 Å². The van der Waals surface area contributed by atoms with Gasteiger partial charge in [0.05, 0.1) is 5.92 Å². The molecule has 13 nitrogen and oxygen atoms in total. The summed E-state index contributed by atoms with van der Waals surface area (Å²) in [7, 11) is 0. The van der Waals surface area contributed by atoms with Crippen LogP contribution < -0.4 is 10.6 Å². The number of hydrogen-bond donors (Lipinski definition) is 2. The minimum atomic E-state index is -1.12. The summed E-state index contributed by atoms with van der Waals surface area (Å²) in [6.07, 6.45) is -0.622. The van der Waals surface area contributed by atoms with Crippen LogP contribution in [0.15, 0.2) is 120 Å². The monoisotopic (exact) mass is 731 g/mol. The molecule has 0 aromatic heterocycles. The van der Waals surface area contributed by atoms with Crippen LogP contribution in [-0.4, -0.2) is 65.0 Å². The third kappa shape index (κ3) is 9.88. The van der Waals surface area contributed by atoms with Crippen molar-refractivity contribution < 1.29 is 38.2 Å². The molecule has 0 bridgehead atoms. The number of aliphatic imine (C=N–C) groups is 1. The van der Waals surface area contributed by atoms with Crippen LogP contribution in [0.3, 0.4) is 0 Å². The number of nitrogens with zero attached hydrogens (tertiary/aromatic N) is 3. The van der Waals surface area contributed by atoms with E-state index in [4.69, 9.17) is 14.2 Å². The first-order valence-corrected chi connectivity index (χ1v) is 17.7. The van der Waals surface area contributed by atoms with Crippen molar-refractivity contribution in [1.29, 1.82) is 0 Å². The Morgan fingerprint density at radius 3 is 1.72 bits per heavy atom. The predicted molar refractivity (Wildman–Crippen MR) is 197 cm³/mol. The topological polar surface area (TPSA) is 156 Å². The molecule has 54 heavy (non-hydrogen) atoms. The molecule has 2 aliphatic heterocycles. The van der Waals surface area contributed by atoms with E-state index in [1.807, 2.05) is 91.0 Å². The maximum absolute atomic E-state index is 13.7. The Labute approximate surface area is 312 Å². The summed E-state index contributed by atoms with van der Waals surface area (Å²) >= 11 is 0. The molecule has 2 N–H and O–H groups in total. The largest absolute Gasteiger partial charge is 0.459 e. The average Bonchev–Trinajstić information content (AvgIpc) is 3.21. The number of rotatable bonds is 11. The summed E-state index contributed by atoms with van der Waals surface area (Å²) in [5.74, 6) is -2.20. The molecule has 278 valence electrons. The van der Waals surface area contributed by atoms with Gasteiger partial charge in [0.1, 0.15) is 19.8 Å². The number of β-lactam (4-membered cyclic amide) rings is 1. The molecule has 4 aromatic carbocycles. The maximum Gasteiger partial charge on any atom is 0.414 e. The van der Waals surface area contributed by atoms with Crippen molar-refractivity contribution in [1.82, 2.24) is 20.4 Å². The lowest BCUT2D eigenvalue weighted by atomic mass is 9.83. The summed E-state index contributed by atoms with van der Waals surface area (Å²) in [5.41, 5.74) is 4.44. The second kappa shape index (κ2) is 18.3. The van der Waals surface area contributed by atoms with Crippen LogP contribution in [0, 0.1) is 5.92 Å². The number of hydrogen-bond acceptors (Lipinski definition) is 9. The van der Waals surface area contributed by atoms with Gasteiger partial charge in [0.2, 0.25) is 11.9 Å². The molecule has 2 atom stereocenters. The van der Waals surface area contributed by atoms with E-state index in [1.165, 1.54) is 0 Å². The van der Waals surface area contributed by atoms with Gasteiger partial charge in [-0.3, -0.25) is 20.4 Å². The fraction of sp³-hybridized carbons (Fsp3) is 0.268. The van der Waals surface area contributed by atoms with Gasteiger partial charge in [0.25, 0.3) is 0 Å². The van der Waals surface area contributed by atoms with E-state index in [0.717, 1.165) is 32.7 Å². The molecule has 6 rings (SSSR count). The second-order valence-corrected chi connectivity index (χ2v) is 12.8. The first kappa shape index (κ1) is 37.3. The van der Waals surface area contributed by atoms with Crippen LogP contribution in [0.2, 0.25) is 0 Å². The van der Waals surface area contributed by atoms with Crippen molar-refractivity contribution in [3.05, 3.63) is 143 Å². The number of ether oxygens (including phenoxy) is 3. The van der Waals surface area contributed by atoms with Crippen LogP contribution in [0.25, 0.3) is 0 Å². The lowest BCUT2D eigenvalue weighted by Gasteiger charge is -2.46. The minimum Gasteiger partial charge on any atom is -0.459 e. The van der Waals surface area contributed by atoms with Crippen LogP contribution in [0.5, 0.6) is 0 Å². The molecule has 1 fully saturated rings. The van der Waals surface area contributed by atoms with Gasteiger partial charge in [-0.1, -0.05) is 115 Å². The highest BCUT2D eigenvalue weighted by Gasteiger charge is 2.56. The quantitative estimate of drug-likeness (QED) is 0.0496. The molecular formula is C41H41N5O8. The predicted octanol–water partition coefficient (Wildman–Crippen LogP) is 5.72. The Balaban J connectivity index is 1.10. The number of likely N-dealkylation sites (tertiary alicyclic amines) is 1. The highest BCUT2D eigenvalue weighted by Crippen LogP contribution is 2.34. The summed E-state index contributed by atoms with van der Waals surface area (Å²) in [6, 6.07) is 33.5. The zero-order valence-electron chi connectivity index (χ0n) is 29.6. The van der Waals surface area contributed by atoms with Crippen LogP contribution in [-0.2, 0) is 56.6 Å². The highest BCUT2D eigenvalue weighted by molar-refractivity contribution is 6.08. The molecule has 13 heteroatoms. The smallest absolute Gasteiger partial charge is 0.414 e. The van der Waals surface area contributed by atoms with Crippen molar-refractivity contribution in [2.24, 2.45) is 10.9 Å². The van der Waals surface area contributed by atoms with Gasteiger partial charge in [-0.15, -0.1) is 0 Å². The summed E-state index contributed by atoms with van der Waals surface area (Å²) < 4.78 is 16.2. The number of urea groups is 1. The number of fused-ring (bicyclic) bond motifs is 1. The van der Waals surface area contributed by atoms with Crippen LogP contribution >= 0.6 is 0 Å². The molecule has 2 heterocycles. The first-order valence-electron chi connectivity index (χ1n) is 17.7. The Kier molecular flexibility index (Phi) is 12.6.